The average molecular weight is 613 g/mol. The van der Waals surface area contributed by atoms with E-state index < -0.39 is 12.1 Å². The molecule has 9 heteroatoms. The molecule has 3 aliphatic heterocycles. The van der Waals surface area contributed by atoms with Crippen LogP contribution in [-0.4, -0.2) is 40.7 Å². The van der Waals surface area contributed by atoms with Gasteiger partial charge in [0.05, 0.1) is 25.0 Å². The molecule has 8 bridgehead atoms. The first-order valence-corrected chi connectivity index (χ1v) is 16.0. The summed E-state index contributed by atoms with van der Waals surface area (Å²) in [6, 6.07) is 0. The molecule has 45 heavy (non-hydrogen) atoms. The van der Waals surface area contributed by atoms with Gasteiger partial charge in [-0.25, -0.2) is 4.79 Å². The number of hydrogen-bond acceptors (Lipinski definition) is 7. The number of carbonyl (C=O) groups is 2. The van der Waals surface area contributed by atoms with Crippen LogP contribution in [0.25, 0.3) is 11.6 Å². The molecule has 5 heterocycles. The lowest BCUT2D eigenvalue weighted by atomic mass is 9.92. The quantitative estimate of drug-likeness (QED) is 0.266. The summed E-state index contributed by atoms with van der Waals surface area (Å²) in [4.78, 5) is 33.2. The van der Waals surface area contributed by atoms with Gasteiger partial charge in [0.2, 0.25) is 0 Å². The van der Waals surface area contributed by atoms with Crippen LogP contribution in [-0.2, 0) is 31.9 Å². The summed E-state index contributed by atoms with van der Waals surface area (Å²) in [6.07, 6.45) is 5.36. The van der Waals surface area contributed by atoms with Gasteiger partial charge in [-0.3, -0.25) is 4.79 Å². The number of rotatable bonds is 6. The van der Waals surface area contributed by atoms with Crippen molar-refractivity contribution >= 4 is 23.6 Å². The first kappa shape index (κ1) is 30.8. The fourth-order valence-electron chi connectivity index (χ4n) is 7.43. The van der Waals surface area contributed by atoms with Gasteiger partial charge in [0.25, 0.3) is 0 Å². The van der Waals surface area contributed by atoms with Crippen molar-refractivity contribution in [2.24, 2.45) is 11.8 Å². The van der Waals surface area contributed by atoms with Crippen molar-refractivity contribution < 1.29 is 24.2 Å². The molecule has 238 valence electrons. The Morgan fingerprint density at radius 3 is 2.40 bits per heavy atom. The number of aliphatic hydroxyl groups excluding tert-OH is 1. The van der Waals surface area contributed by atoms with Crippen molar-refractivity contribution in [3.05, 3.63) is 90.6 Å². The number of carbonyl (C=O) groups excluding carboxylic acids is 2. The van der Waals surface area contributed by atoms with Crippen LogP contribution in [0, 0.1) is 25.7 Å². The third kappa shape index (κ3) is 4.88. The molecule has 6 rings (SSSR count). The number of hydrogen-bond donors (Lipinski definition) is 5. The Morgan fingerprint density at radius 2 is 1.71 bits per heavy atom. The molecule has 0 amide bonds. The summed E-state index contributed by atoms with van der Waals surface area (Å²) in [7, 11) is 1.33. The van der Waals surface area contributed by atoms with E-state index >= 15 is 0 Å². The van der Waals surface area contributed by atoms with Crippen LogP contribution in [0.5, 0.6) is 0 Å². The third-order valence-electron chi connectivity index (χ3n) is 10.2. The molecule has 2 aromatic rings. The first-order valence-electron chi connectivity index (χ1n) is 16.0. The molecule has 5 N–H and O–H groups in total. The maximum absolute atomic E-state index is 13.3. The average Bonchev–Trinajstić information content (AvgIpc) is 3.74. The fourth-order valence-corrected chi connectivity index (χ4v) is 7.43. The standard InChI is InChI=1S/C36H44N4O5/c1-9-21-18(5)25-13-23-16(3)17(4)24(37-23)14-26-19(6)22(11-12-29(41)45-10-2)33(39-26)31-32(36(43)44-8)35(42)30-20(7)27(40-34(30)31)15-28(21)38-25/h13-14,16,19,35,37-40,42H,9-12,15H2,1-8H3/b23-13?,26-14-/t16-,19+,35-/m1/s1. The number of aromatic nitrogens is 2. The number of aromatic amines is 2. The number of methoxy groups -OCH3 is 1. The Labute approximate surface area is 264 Å². The number of allylic oxidation sites excluding steroid dienone is 4. The maximum Gasteiger partial charge on any atom is 0.337 e. The molecular formula is C36H44N4O5. The van der Waals surface area contributed by atoms with E-state index in [-0.39, 0.29) is 29.8 Å². The Hall–Kier alpha value is -4.24. The van der Waals surface area contributed by atoms with Crippen LogP contribution in [0.2, 0.25) is 0 Å². The fraction of sp³-hybridized carbons (Fsp3) is 0.444. The van der Waals surface area contributed by atoms with Crippen molar-refractivity contribution in [2.75, 3.05) is 13.7 Å². The Morgan fingerprint density at radius 1 is 0.978 bits per heavy atom. The Kier molecular flexibility index (Phi) is 7.93. The molecule has 3 atom stereocenters. The molecule has 4 aliphatic rings. The van der Waals surface area contributed by atoms with Crippen LogP contribution in [0.15, 0.2) is 45.6 Å². The molecule has 0 aromatic carbocycles. The molecular weight excluding hydrogens is 568 g/mol. The second kappa shape index (κ2) is 11.6. The van der Waals surface area contributed by atoms with Crippen molar-refractivity contribution in [1.82, 2.24) is 20.6 Å². The van der Waals surface area contributed by atoms with Gasteiger partial charge in [-0.15, -0.1) is 0 Å². The highest BCUT2D eigenvalue weighted by atomic mass is 16.5. The minimum Gasteiger partial charge on any atom is -0.466 e. The number of esters is 2. The molecule has 0 fully saturated rings. The number of nitrogens with one attached hydrogen (secondary N) is 4. The van der Waals surface area contributed by atoms with Crippen molar-refractivity contribution in [3.8, 4) is 0 Å². The van der Waals surface area contributed by atoms with Crippen molar-refractivity contribution in [2.45, 2.75) is 80.3 Å². The van der Waals surface area contributed by atoms with Crippen LogP contribution in [0.1, 0.15) is 98.6 Å². The minimum absolute atomic E-state index is 0.0847. The predicted octanol–water partition coefficient (Wildman–Crippen LogP) is 5.67. The van der Waals surface area contributed by atoms with E-state index in [4.69, 9.17) is 9.47 Å². The predicted molar refractivity (Wildman–Crippen MR) is 173 cm³/mol. The molecule has 0 spiro atoms. The van der Waals surface area contributed by atoms with Crippen molar-refractivity contribution in [3.63, 3.8) is 0 Å². The highest BCUT2D eigenvalue weighted by molar-refractivity contribution is 6.06. The lowest BCUT2D eigenvalue weighted by Crippen LogP contribution is -2.16. The summed E-state index contributed by atoms with van der Waals surface area (Å²) in [6.45, 7) is 14.9. The highest BCUT2D eigenvalue weighted by Gasteiger charge is 2.43. The molecule has 9 nitrogen and oxygen atoms in total. The van der Waals surface area contributed by atoms with Gasteiger partial charge in [0.15, 0.2) is 0 Å². The largest absolute Gasteiger partial charge is 0.466 e. The van der Waals surface area contributed by atoms with Crippen LogP contribution >= 0.6 is 0 Å². The van der Waals surface area contributed by atoms with E-state index in [0.717, 1.165) is 57.4 Å². The third-order valence-corrected chi connectivity index (χ3v) is 10.2. The number of ether oxygens (including phenoxy) is 2. The lowest BCUT2D eigenvalue weighted by Gasteiger charge is -2.14. The normalized spacial score (nSPS) is 23.2. The van der Waals surface area contributed by atoms with E-state index in [1.165, 1.54) is 23.8 Å². The molecule has 0 radical (unpaired) electrons. The second-order valence-electron chi connectivity index (χ2n) is 12.5. The van der Waals surface area contributed by atoms with Crippen LogP contribution in [0.4, 0.5) is 0 Å². The lowest BCUT2D eigenvalue weighted by molar-refractivity contribution is -0.143. The summed E-state index contributed by atoms with van der Waals surface area (Å²) < 4.78 is 10.5. The summed E-state index contributed by atoms with van der Waals surface area (Å²) >= 11 is 0. The van der Waals surface area contributed by atoms with E-state index in [2.05, 4.69) is 67.4 Å². The van der Waals surface area contributed by atoms with Crippen LogP contribution in [0.3, 0.4) is 0 Å². The van der Waals surface area contributed by atoms with Gasteiger partial charge < -0.3 is 35.2 Å². The molecule has 0 saturated heterocycles. The van der Waals surface area contributed by atoms with Crippen LogP contribution < -0.4 is 10.6 Å². The van der Waals surface area contributed by atoms with E-state index in [1.54, 1.807) is 6.92 Å². The topological polar surface area (TPSA) is 128 Å². The van der Waals surface area contributed by atoms with Gasteiger partial charge in [-0.1, -0.05) is 20.8 Å². The minimum atomic E-state index is -1.16. The zero-order chi connectivity index (χ0) is 32.3. The van der Waals surface area contributed by atoms with Crippen molar-refractivity contribution in [1.29, 1.82) is 0 Å². The zero-order valence-corrected chi connectivity index (χ0v) is 27.5. The van der Waals surface area contributed by atoms with Gasteiger partial charge in [0, 0.05) is 75.7 Å². The summed E-state index contributed by atoms with van der Waals surface area (Å²) in [5.41, 5.74) is 14.8. The highest BCUT2D eigenvalue weighted by Crippen LogP contribution is 2.50. The number of H-pyrrole nitrogens is 2. The molecule has 2 aromatic heterocycles. The van der Waals surface area contributed by atoms with E-state index in [0.29, 0.717) is 36.3 Å². The zero-order valence-electron chi connectivity index (χ0n) is 27.5. The second-order valence-corrected chi connectivity index (χ2v) is 12.5. The molecule has 0 unspecified atom stereocenters. The van der Waals surface area contributed by atoms with Gasteiger partial charge in [-0.05, 0) is 80.5 Å². The Balaban J connectivity index is 1.61. The molecule has 1 aliphatic carbocycles. The maximum atomic E-state index is 13.3. The van der Waals surface area contributed by atoms with E-state index in [9.17, 15) is 14.7 Å². The van der Waals surface area contributed by atoms with Gasteiger partial charge in [-0.2, -0.15) is 0 Å². The summed E-state index contributed by atoms with van der Waals surface area (Å²) in [5.74, 6) is -0.741. The number of fused-ring (bicyclic) bond motifs is 8. The molecule has 0 saturated carbocycles. The monoisotopic (exact) mass is 612 g/mol. The van der Waals surface area contributed by atoms with Gasteiger partial charge >= 0.3 is 11.9 Å². The number of aliphatic hydroxyl groups is 1. The smallest absolute Gasteiger partial charge is 0.337 e. The van der Waals surface area contributed by atoms with Gasteiger partial charge in [0.1, 0.15) is 6.10 Å². The first-order chi connectivity index (χ1) is 21.5. The SMILES string of the molecule is CCOC(=O)CCC1=C2N/C(=C\C3=C(C)[C@@H](C)C(=Cc4[nH]c(c(CC)c4C)Cc4[nH]c5c(c4C)[C@@H](O)C(C(=O)OC)=C25)N3)[C@H]1C. The van der Waals surface area contributed by atoms with E-state index in [1.807, 2.05) is 6.92 Å². The Bertz CT molecular complexity index is 1780. The summed E-state index contributed by atoms with van der Waals surface area (Å²) in [5, 5.41) is 19.1.